The Bertz CT molecular complexity index is 577. The average Bonchev–Trinajstić information content (AvgIpc) is 2.04. The summed E-state index contributed by atoms with van der Waals surface area (Å²) in [4.78, 5) is -1.47. The summed E-state index contributed by atoms with van der Waals surface area (Å²) in [7, 11) is -9.21. The predicted octanol–water partition coefficient (Wildman–Crippen LogP) is 0.416. The topological polar surface area (TPSA) is 135 Å². The van der Waals surface area contributed by atoms with Crippen LogP contribution in [-0.4, -0.2) is 25.9 Å². The molecule has 0 bridgehead atoms. The van der Waals surface area contributed by atoms with E-state index in [1.165, 1.54) is 0 Å². The lowest BCUT2D eigenvalue weighted by Crippen LogP contribution is -2.06. The van der Waals surface area contributed by atoms with Crippen molar-refractivity contribution < 1.29 is 25.9 Å². The van der Waals surface area contributed by atoms with Crippen LogP contribution in [0.3, 0.4) is 0 Å². The van der Waals surface area contributed by atoms with E-state index < -0.39 is 40.7 Å². The second-order valence-electron chi connectivity index (χ2n) is 2.77. The van der Waals surface area contributed by atoms with Gasteiger partial charge in [-0.1, -0.05) is 11.6 Å². The highest BCUT2D eigenvalue weighted by Gasteiger charge is 2.21. The third-order valence-electron chi connectivity index (χ3n) is 1.62. The fraction of sp³-hybridized carbons (Fsp3) is 0. The van der Waals surface area contributed by atoms with E-state index in [-0.39, 0.29) is 0 Å². The van der Waals surface area contributed by atoms with Crippen molar-refractivity contribution in [1.29, 1.82) is 0 Å². The van der Waals surface area contributed by atoms with Gasteiger partial charge in [0.15, 0.2) is 0 Å². The molecule has 0 saturated heterocycles. The van der Waals surface area contributed by atoms with Crippen LogP contribution >= 0.6 is 11.6 Å². The van der Waals surface area contributed by atoms with E-state index in [4.69, 9.17) is 26.4 Å². The van der Waals surface area contributed by atoms with Gasteiger partial charge in [0.05, 0.1) is 10.7 Å². The summed E-state index contributed by atoms with van der Waals surface area (Å²) in [5.41, 5.74) is 4.66. The summed E-state index contributed by atoms with van der Waals surface area (Å²) in [6.07, 6.45) is 0. The molecule has 10 heteroatoms. The number of hydrogen-bond acceptors (Lipinski definition) is 5. The Morgan fingerprint density at radius 1 is 1.00 bits per heavy atom. The minimum Gasteiger partial charge on any atom is -0.398 e. The number of nitrogens with two attached hydrogens (primary N) is 1. The first-order chi connectivity index (χ1) is 7.03. The number of rotatable bonds is 2. The molecule has 0 aliphatic carbocycles. The second kappa shape index (κ2) is 3.86. The fourth-order valence-electron chi connectivity index (χ4n) is 0.972. The maximum absolute atomic E-state index is 10.8. The molecule has 0 aliphatic heterocycles. The van der Waals surface area contributed by atoms with Crippen LogP contribution in [0.4, 0.5) is 5.69 Å². The van der Waals surface area contributed by atoms with Gasteiger partial charge in [0.25, 0.3) is 20.2 Å². The Morgan fingerprint density at radius 2 is 1.44 bits per heavy atom. The standard InChI is InChI=1S/C6H6ClNO6S2/c7-3-1-6(16(12,13)14)4(8)2-5(3)15(9,10)11/h1-2H,8H2,(H,9,10,11)(H,12,13,14). The van der Waals surface area contributed by atoms with E-state index in [0.29, 0.717) is 12.1 Å². The van der Waals surface area contributed by atoms with Crippen LogP contribution < -0.4 is 5.73 Å². The van der Waals surface area contributed by atoms with Gasteiger partial charge in [-0.15, -0.1) is 0 Å². The van der Waals surface area contributed by atoms with Gasteiger partial charge in [-0.05, 0) is 12.1 Å². The molecule has 0 fully saturated rings. The van der Waals surface area contributed by atoms with Crippen LogP contribution in [0.25, 0.3) is 0 Å². The fourth-order valence-corrected chi connectivity index (χ4v) is 2.70. The molecule has 1 rings (SSSR count). The summed E-state index contributed by atoms with van der Waals surface area (Å²) in [6.45, 7) is 0. The van der Waals surface area contributed by atoms with Gasteiger partial charge in [0.2, 0.25) is 0 Å². The maximum Gasteiger partial charge on any atom is 0.296 e. The number of anilines is 1. The van der Waals surface area contributed by atoms with Crippen molar-refractivity contribution in [2.75, 3.05) is 5.73 Å². The van der Waals surface area contributed by atoms with Gasteiger partial charge < -0.3 is 5.73 Å². The van der Waals surface area contributed by atoms with E-state index in [2.05, 4.69) is 0 Å². The van der Waals surface area contributed by atoms with Crippen molar-refractivity contribution >= 4 is 37.5 Å². The van der Waals surface area contributed by atoms with Crippen LogP contribution in [0.1, 0.15) is 0 Å². The molecule has 0 unspecified atom stereocenters. The van der Waals surface area contributed by atoms with E-state index in [9.17, 15) is 16.8 Å². The van der Waals surface area contributed by atoms with Crippen LogP contribution in [0.2, 0.25) is 5.02 Å². The van der Waals surface area contributed by atoms with E-state index in [1.807, 2.05) is 0 Å². The Morgan fingerprint density at radius 3 is 1.81 bits per heavy atom. The van der Waals surface area contributed by atoms with E-state index in [1.54, 1.807) is 0 Å². The summed E-state index contributed by atoms with van der Waals surface area (Å²) < 4.78 is 60.5. The quantitative estimate of drug-likeness (QED) is 0.529. The molecular weight excluding hydrogens is 282 g/mol. The predicted molar refractivity (Wildman–Crippen MR) is 55.5 cm³/mol. The normalized spacial score (nSPS) is 12.7. The first-order valence-electron chi connectivity index (χ1n) is 3.57. The van der Waals surface area contributed by atoms with Crippen LogP contribution in [0, 0.1) is 0 Å². The summed E-state index contributed by atoms with van der Waals surface area (Å²) in [6, 6.07) is 1.27. The molecule has 16 heavy (non-hydrogen) atoms. The van der Waals surface area contributed by atoms with Gasteiger partial charge in [-0.2, -0.15) is 16.8 Å². The molecular formula is C6H6ClNO6S2. The first-order valence-corrected chi connectivity index (χ1v) is 6.83. The molecule has 4 N–H and O–H groups in total. The molecule has 0 saturated carbocycles. The molecule has 0 spiro atoms. The zero-order chi connectivity index (χ0) is 12.7. The van der Waals surface area contributed by atoms with E-state index in [0.717, 1.165) is 0 Å². The average molecular weight is 288 g/mol. The van der Waals surface area contributed by atoms with Crippen molar-refractivity contribution in [2.24, 2.45) is 0 Å². The molecule has 1 aromatic rings. The first kappa shape index (κ1) is 13.2. The molecule has 0 heterocycles. The smallest absolute Gasteiger partial charge is 0.296 e. The molecule has 0 aliphatic rings. The third kappa shape index (κ3) is 2.62. The molecule has 0 aromatic heterocycles. The number of benzene rings is 1. The van der Waals surface area contributed by atoms with Crippen molar-refractivity contribution in [1.82, 2.24) is 0 Å². The van der Waals surface area contributed by atoms with Crippen LogP contribution in [0.5, 0.6) is 0 Å². The Hall–Kier alpha value is -0.870. The number of nitrogen functional groups attached to an aromatic ring is 1. The highest BCUT2D eigenvalue weighted by molar-refractivity contribution is 7.86. The van der Waals surface area contributed by atoms with Gasteiger partial charge in [-0.3, -0.25) is 9.11 Å². The lowest BCUT2D eigenvalue weighted by atomic mass is 10.3. The SMILES string of the molecule is Nc1cc(S(=O)(=O)O)c(Cl)cc1S(=O)(=O)O. The molecule has 0 radical (unpaired) electrons. The third-order valence-corrected chi connectivity index (χ3v) is 3.85. The van der Waals surface area contributed by atoms with Gasteiger partial charge in [0.1, 0.15) is 9.79 Å². The number of halogens is 1. The van der Waals surface area contributed by atoms with Crippen LogP contribution in [0.15, 0.2) is 21.9 Å². The highest BCUT2D eigenvalue weighted by Crippen LogP contribution is 2.29. The van der Waals surface area contributed by atoms with Crippen molar-refractivity contribution in [3.05, 3.63) is 17.2 Å². The van der Waals surface area contributed by atoms with Gasteiger partial charge in [0, 0.05) is 0 Å². The maximum atomic E-state index is 10.8. The largest absolute Gasteiger partial charge is 0.398 e. The van der Waals surface area contributed by atoms with Crippen molar-refractivity contribution in [2.45, 2.75) is 9.79 Å². The molecule has 1 aromatic carbocycles. The lowest BCUT2D eigenvalue weighted by molar-refractivity contribution is 0.479. The molecule has 7 nitrogen and oxygen atoms in total. The van der Waals surface area contributed by atoms with E-state index >= 15 is 0 Å². The monoisotopic (exact) mass is 287 g/mol. The lowest BCUT2D eigenvalue weighted by Gasteiger charge is -2.06. The zero-order valence-electron chi connectivity index (χ0n) is 7.45. The van der Waals surface area contributed by atoms with Crippen LogP contribution in [-0.2, 0) is 20.2 Å². The zero-order valence-corrected chi connectivity index (χ0v) is 9.84. The van der Waals surface area contributed by atoms with Crippen molar-refractivity contribution in [3.8, 4) is 0 Å². The van der Waals surface area contributed by atoms with Gasteiger partial charge >= 0.3 is 0 Å². The summed E-state index contributed by atoms with van der Waals surface area (Å²) in [5, 5.41) is -0.565. The molecule has 0 amide bonds. The van der Waals surface area contributed by atoms with Crippen molar-refractivity contribution in [3.63, 3.8) is 0 Å². The van der Waals surface area contributed by atoms with Gasteiger partial charge in [-0.25, -0.2) is 0 Å². The Kier molecular flexibility index (Phi) is 3.18. The Balaban J connectivity index is 3.65. The molecule has 90 valence electrons. The summed E-state index contributed by atoms with van der Waals surface area (Å²) >= 11 is 5.42. The second-order valence-corrected chi connectivity index (χ2v) is 5.96. The minimum atomic E-state index is -4.61. The highest BCUT2D eigenvalue weighted by atomic mass is 35.5. The number of hydrogen-bond donors (Lipinski definition) is 3. The summed E-state index contributed by atoms with van der Waals surface area (Å²) in [5.74, 6) is 0. The molecule has 0 atom stereocenters. The Labute approximate surface area is 96.3 Å². The minimum absolute atomic E-state index is 0.542.